The van der Waals surface area contributed by atoms with Crippen molar-refractivity contribution in [1.82, 2.24) is 5.32 Å². The molecule has 0 saturated heterocycles. The molecule has 0 radical (unpaired) electrons. The van der Waals surface area contributed by atoms with E-state index in [9.17, 15) is 14.4 Å². The van der Waals surface area contributed by atoms with E-state index in [4.69, 9.17) is 4.74 Å². The van der Waals surface area contributed by atoms with Crippen molar-refractivity contribution >= 4 is 23.5 Å². The smallest absolute Gasteiger partial charge is 0.308 e. The SMILES string of the molecule is O=C(CC1NC(=O)c2ccccc2NC1=O)OCc1ccccc1. The Labute approximate surface area is 138 Å². The lowest BCUT2D eigenvalue weighted by molar-refractivity contribution is -0.146. The molecule has 0 saturated carbocycles. The van der Waals surface area contributed by atoms with Gasteiger partial charge in [0, 0.05) is 0 Å². The maximum Gasteiger partial charge on any atom is 0.308 e. The van der Waals surface area contributed by atoms with Gasteiger partial charge >= 0.3 is 5.97 Å². The summed E-state index contributed by atoms with van der Waals surface area (Å²) in [5, 5.41) is 5.21. The van der Waals surface area contributed by atoms with Gasteiger partial charge in [0.05, 0.1) is 17.7 Å². The summed E-state index contributed by atoms with van der Waals surface area (Å²) in [6.45, 7) is 0.127. The largest absolute Gasteiger partial charge is 0.461 e. The molecule has 1 atom stereocenters. The summed E-state index contributed by atoms with van der Waals surface area (Å²) in [5.41, 5.74) is 1.65. The summed E-state index contributed by atoms with van der Waals surface area (Å²) in [7, 11) is 0. The van der Waals surface area contributed by atoms with Crippen LogP contribution >= 0.6 is 0 Å². The molecule has 0 spiro atoms. The first kappa shape index (κ1) is 15.7. The van der Waals surface area contributed by atoms with Crippen molar-refractivity contribution in [2.24, 2.45) is 0 Å². The minimum atomic E-state index is -0.965. The summed E-state index contributed by atoms with van der Waals surface area (Å²) in [4.78, 5) is 36.3. The van der Waals surface area contributed by atoms with Crippen LogP contribution in [0.25, 0.3) is 0 Å². The molecule has 1 heterocycles. The fourth-order valence-electron chi connectivity index (χ4n) is 2.42. The van der Waals surface area contributed by atoms with Gasteiger partial charge in [-0.25, -0.2) is 0 Å². The molecule has 6 heteroatoms. The molecule has 0 fully saturated rings. The van der Waals surface area contributed by atoms with E-state index in [0.29, 0.717) is 11.3 Å². The highest BCUT2D eigenvalue weighted by Gasteiger charge is 2.29. The summed E-state index contributed by atoms with van der Waals surface area (Å²) in [6.07, 6.45) is -0.224. The number of fused-ring (bicyclic) bond motifs is 1. The maximum atomic E-state index is 12.2. The second-order valence-corrected chi connectivity index (χ2v) is 5.41. The minimum Gasteiger partial charge on any atom is -0.461 e. The molecule has 0 aliphatic carbocycles. The number of para-hydroxylation sites is 1. The number of amides is 2. The third kappa shape index (κ3) is 3.60. The Bertz CT molecular complexity index is 774. The second kappa shape index (κ2) is 6.95. The first-order valence-electron chi connectivity index (χ1n) is 7.54. The van der Waals surface area contributed by atoms with E-state index in [0.717, 1.165) is 5.56 Å². The van der Waals surface area contributed by atoms with E-state index >= 15 is 0 Å². The monoisotopic (exact) mass is 324 g/mol. The van der Waals surface area contributed by atoms with Gasteiger partial charge in [0.15, 0.2) is 0 Å². The molecule has 3 rings (SSSR count). The van der Waals surface area contributed by atoms with Gasteiger partial charge in [-0.05, 0) is 17.7 Å². The number of carbonyl (C=O) groups excluding carboxylic acids is 3. The normalized spacial score (nSPS) is 16.4. The Morgan fingerprint density at radius 2 is 1.71 bits per heavy atom. The second-order valence-electron chi connectivity index (χ2n) is 5.41. The first-order valence-corrected chi connectivity index (χ1v) is 7.54. The number of nitrogens with one attached hydrogen (secondary N) is 2. The fourth-order valence-corrected chi connectivity index (χ4v) is 2.42. The van der Waals surface area contributed by atoms with Crippen molar-refractivity contribution in [3.63, 3.8) is 0 Å². The third-order valence-corrected chi connectivity index (χ3v) is 3.66. The zero-order chi connectivity index (χ0) is 16.9. The Morgan fingerprint density at radius 3 is 2.50 bits per heavy atom. The van der Waals surface area contributed by atoms with Crippen molar-refractivity contribution in [1.29, 1.82) is 0 Å². The van der Waals surface area contributed by atoms with Crippen LogP contribution in [-0.2, 0) is 20.9 Å². The van der Waals surface area contributed by atoms with E-state index in [2.05, 4.69) is 10.6 Å². The molecule has 2 N–H and O–H groups in total. The van der Waals surface area contributed by atoms with E-state index in [1.54, 1.807) is 24.3 Å². The molecular formula is C18H16N2O4. The van der Waals surface area contributed by atoms with Gasteiger partial charge in [0.25, 0.3) is 5.91 Å². The van der Waals surface area contributed by atoms with E-state index in [1.807, 2.05) is 30.3 Å². The van der Waals surface area contributed by atoms with Crippen molar-refractivity contribution in [3.8, 4) is 0 Å². The van der Waals surface area contributed by atoms with Crippen LogP contribution in [0, 0.1) is 0 Å². The molecule has 6 nitrogen and oxygen atoms in total. The quantitative estimate of drug-likeness (QED) is 0.841. The highest BCUT2D eigenvalue weighted by molar-refractivity contribution is 6.10. The first-order chi connectivity index (χ1) is 11.6. The van der Waals surface area contributed by atoms with Crippen molar-refractivity contribution in [2.45, 2.75) is 19.1 Å². The molecule has 0 aromatic heterocycles. The highest BCUT2D eigenvalue weighted by atomic mass is 16.5. The predicted octanol–water partition coefficient (Wildman–Crippen LogP) is 1.87. The molecule has 2 aromatic rings. The van der Waals surface area contributed by atoms with Gasteiger partial charge in [0.1, 0.15) is 12.6 Å². The van der Waals surface area contributed by atoms with Gasteiger partial charge in [0.2, 0.25) is 5.91 Å². The maximum absolute atomic E-state index is 12.2. The van der Waals surface area contributed by atoms with Gasteiger partial charge in [-0.15, -0.1) is 0 Å². The van der Waals surface area contributed by atoms with Crippen LogP contribution in [0.3, 0.4) is 0 Å². The summed E-state index contributed by atoms with van der Waals surface area (Å²) in [6, 6.07) is 15.0. The van der Waals surface area contributed by atoms with Crippen LogP contribution in [0.15, 0.2) is 54.6 Å². The molecule has 1 aliphatic heterocycles. The van der Waals surface area contributed by atoms with Crippen LogP contribution in [0.1, 0.15) is 22.3 Å². The highest BCUT2D eigenvalue weighted by Crippen LogP contribution is 2.19. The van der Waals surface area contributed by atoms with Crippen LogP contribution < -0.4 is 10.6 Å². The number of hydrogen-bond acceptors (Lipinski definition) is 4. The number of anilines is 1. The van der Waals surface area contributed by atoms with Crippen LogP contribution in [0.2, 0.25) is 0 Å². The lowest BCUT2D eigenvalue weighted by Gasteiger charge is -2.14. The minimum absolute atomic E-state index is 0.127. The topological polar surface area (TPSA) is 84.5 Å². The molecular weight excluding hydrogens is 308 g/mol. The van der Waals surface area contributed by atoms with Gasteiger partial charge < -0.3 is 15.4 Å². The molecule has 24 heavy (non-hydrogen) atoms. The van der Waals surface area contributed by atoms with Gasteiger partial charge in [-0.3, -0.25) is 14.4 Å². The number of esters is 1. The number of carbonyl (C=O) groups is 3. The average molecular weight is 324 g/mol. The Morgan fingerprint density at radius 1 is 1.00 bits per heavy atom. The van der Waals surface area contributed by atoms with Gasteiger partial charge in [-0.1, -0.05) is 42.5 Å². The van der Waals surface area contributed by atoms with E-state index in [-0.39, 0.29) is 13.0 Å². The molecule has 1 aliphatic rings. The van der Waals surface area contributed by atoms with Crippen molar-refractivity contribution < 1.29 is 19.1 Å². The number of ether oxygens (including phenoxy) is 1. The Balaban J connectivity index is 1.62. The Hall–Kier alpha value is -3.15. The van der Waals surface area contributed by atoms with E-state index < -0.39 is 23.8 Å². The summed E-state index contributed by atoms with van der Waals surface area (Å²) < 4.78 is 5.16. The van der Waals surface area contributed by atoms with Crippen molar-refractivity contribution in [2.75, 3.05) is 5.32 Å². The predicted molar refractivity (Wildman–Crippen MR) is 87.2 cm³/mol. The summed E-state index contributed by atoms with van der Waals surface area (Å²) >= 11 is 0. The molecule has 1 unspecified atom stereocenters. The van der Waals surface area contributed by atoms with Crippen LogP contribution in [-0.4, -0.2) is 23.8 Å². The zero-order valence-electron chi connectivity index (χ0n) is 12.8. The lowest BCUT2D eigenvalue weighted by atomic mass is 10.1. The standard InChI is InChI=1S/C18H16N2O4/c21-16(24-11-12-6-2-1-3-7-12)10-15-18(23)19-14-9-5-4-8-13(14)17(22)20-15/h1-9,15H,10-11H2,(H,19,23)(H,20,22). The molecule has 122 valence electrons. The number of hydrogen-bond donors (Lipinski definition) is 2. The van der Waals surface area contributed by atoms with Gasteiger partial charge in [-0.2, -0.15) is 0 Å². The summed E-state index contributed by atoms with van der Waals surface area (Å²) in [5.74, 6) is -1.39. The van der Waals surface area contributed by atoms with Crippen LogP contribution in [0.4, 0.5) is 5.69 Å². The van der Waals surface area contributed by atoms with E-state index in [1.165, 1.54) is 0 Å². The molecule has 0 bridgehead atoms. The zero-order valence-corrected chi connectivity index (χ0v) is 12.8. The number of rotatable bonds is 4. The van der Waals surface area contributed by atoms with Crippen molar-refractivity contribution in [3.05, 3.63) is 65.7 Å². The third-order valence-electron chi connectivity index (χ3n) is 3.66. The molecule has 2 amide bonds. The number of benzene rings is 2. The Kier molecular flexibility index (Phi) is 4.56. The average Bonchev–Trinajstić information content (AvgIpc) is 2.71. The lowest BCUT2D eigenvalue weighted by Crippen LogP contribution is -2.42. The fraction of sp³-hybridized carbons (Fsp3) is 0.167. The molecule has 2 aromatic carbocycles. The van der Waals surface area contributed by atoms with Crippen LogP contribution in [0.5, 0.6) is 0 Å².